The smallest absolute Gasteiger partial charge is 0.320 e. The van der Waals surface area contributed by atoms with E-state index in [1.54, 1.807) is 6.20 Å². The number of aliphatic carboxylic acids is 1. The first-order valence-corrected chi connectivity index (χ1v) is 7.90. The van der Waals surface area contributed by atoms with E-state index in [-0.39, 0.29) is 18.7 Å². The van der Waals surface area contributed by atoms with Crippen molar-refractivity contribution in [2.45, 2.75) is 25.4 Å². The summed E-state index contributed by atoms with van der Waals surface area (Å²) in [6.45, 7) is 0.629. The second kappa shape index (κ2) is 5.86. The summed E-state index contributed by atoms with van der Waals surface area (Å²) in [7, 11) is -3.50. The zero-order chi connectivity index (χ0) is 14.8. The number of nitrogens with zero attached hydrogens (tertiary/aromatic N) is 2. The van der Waals surface area contributed by atoms with E-state index in [4.69, 9.17) is 10.8 Å². The highest BCUT2D eigenvalue weighted by Crippen LogP contribution is 2.19. The quantitative estimate of drug-likeness (QED) is 0.762. The number of carbonyl (C=O) groups is 1. The molecule has 7 nitrogen and oxygen atoms in total. The first-order chi connectivity index (χ1) is 9.40. The zero-order valence-corrected chi connectivity index (χ0v) is 11.7. The third kappa shape index (κ3) is 3.33. The van der Waals surface area contributed by atoms with Crippen molar-refractivity contribution < 1.29 is 18.3 Å². The Labute approximate surface area is 117 Å². The van der Waals surface area contributed by atoms with Crippen molar-refractivity contribution in [3.63, 3.8) is 0 Å². The van der Waals surface area contributed by atoms with Crippen LogP contribution in [-0.2, 0) is 27.8 Å². The lowest BCUT2D eigenvalue weighted by molar-refractivity contribution is -0.138. The van der Waals surface area contributed by atoms with Gasteiger partial charge < -0.3 is 10.8 Å². The molecule has 1 aliphatic rings. The maximum Gasteiger partial charge on any atom is 0.320 e. The number of pyridine rings is 1. The van der Waals surface area contributed by atoms with Crippen LogP contribution in [0.2, 0.25) is 0 Å². The lowest BCUT2D eigenvalue weighted by Crippen LogP contribution is -2.40. The van der Waals surface area contributed by atoms with Crippen LogP contribution in [-0.4, -0.2) is 47.1 Å². The van der Waals surface area contributed by atoms with Crippen molar-refractivity contribution in [3.8, 4) is 0 Å². The highest BCUT2D eigenvalue weighted by atomic mass is 32.2. The molecule has 8 heteroatoms. The SMILES string of the molecule is NC(CCS(=O)(=O)N1CCc2cccnc2C1)C(=O)O. The first-order valence-electron chi connectivity index (χ1n) is 6.29. The molecule has 1 aromatic rings. The molecule has 2 rings (SSSR count). The summed E-state index contributed by atoms with van der Waals surface area (Å²) in [5.41, 5.74) is 7.15. The van der Waals surface area contributed by atoms with Gasteiger partial charge in [0.1, 0.15) is 6.04 Å². The molecule has 1 aromatic heterocycles. The number of sulfonamides is 1. The minimum absolute atomic E-state index is 0.0940. The van der Waals surface area contributed by atoms with E-state index in [2.05, 4.69) is 4.98 Å². The molecule has 0 spiro atoms. The minimum Gasteiger partial charge on any atom is -0.480 e. The molecule has 1 aliphatic heterocycles. The first kappa shape index (κ1) is 14.9. The monoisotopic (exact) mass is 299 g/mol. The Morgan fingerprint density at radius 3 is 3.00 bits per heavy atom. The fourth-order valence-electron chi connectivity index (χ4n) is 2.10. The number of rotatable bonds is 5. The number of carboxylic acid groups (broad SMARTS) is 1. The average molecular weight is 299 g/mol. The van der Waals surface area contributed by atoms with Gasteiger partial charge in [-0.1, -0.05) is 6.07 Å². The average Bonchev–Trinajstić information content (AvgIpc) is 2.44. The molecule has 2 heterocycles. The van der Waals surface area contributed by atoms with Crippen molar-refractivity contribution in [2.24, 2.45) is 5.73 Å². The fourth-order valence-corrected chi connectivity index (χ4v) is 3.60. The molecular weight excluding hydrogens is 282 g/mol. The highest BCUT2D eigenvalue weighted by molar-refractivity contribution is 7.89. The Morgan fingerprint density at radius 1 is 1.55 bits per heavy atom. The van der Waals surface area contributed by atoms with Crippen LogP contribution in [0.3, 0.4) is 0 Å². The molecule has 0 saturated heterocycles. The van der Waals surface area contributed by atoms with E-state index in [9.17, 15) is 13.2 Å². The molecule has 0 fully saturated rings. The van der Waals surface area contributed by atoms with Gasteiger partial charge in [0.05, 0.1) is 18.0 Å². The molecule has 0 amide bonds. The van der Waals surface area contributed by atoms with Gasteiger partial charge in [-0.3, -0.25) is 9.78 Å². The number of fused-ring (bicyclic) bond motifs is 1. The van der Waals surface area contributed by atoms with Gasteiger partial charge in [-0.2, -0.15) is 4.31 Å². The number of carboxylic acids is 1. The van der Waals surface area contributed by atoms with Crippen molar-refractivity contribution in [3.05, 3.63) is 29.6 Å². The zero-order valence-electron chi connectivity index (χ0n) is 10.9. The number of hydrogen-bond acceptors (Lipinski definition) is 5. The van der Waals surface area contributed by atoms with Gasteiger partial charge in [0.15, 0.2) is 0 Å². The van der Waals surface area contributed by atoms with E-state index in [0.717, 1.165) is 11.3 Å². The van der Waals surface area contributed by atoms with E-state index >= 15 is 0 Å². The van der Waals surface area contributed by atoms with Crippen LogP contribution in [0.5, 0.6) is 0 Å². The molecule has 0 aromatic carbocycles. The number of nitrogens with two attached hydrogens (primary N) is 1. The van der Waals surface area contributed by atoms with Gasteiger partial charge in [0.25, 0.3) is 0 Å². The molecule has 0 aliphatic carbocycles. The molecule has 0 saturated carbocycles. The summed E-state index contributed by atoms with van der Waals surface area (Å²) in [5.74, 6) is -1.45. The third-order valence-corrected chi connectivity index (χ3v) is 5.19. The molecule has 3 N–H and O–H groups in total. The van der Waals surface area contributed by atoms with Gasteiger partial charge in [-0.05, 0) is 24.5 Å². The van der Waals surface area contributed by atoms with Crippen LogP contribution in [0, 0.1) is 0 Å². The highest BCUT2D eigenvalue weighted by Gasteiger charge is 2.28. The van der Waals surface area contributed by atoms with Gasteiger partial charge in [0.2, 0.25) is 10.0 Å². The van der Waals surface area contributed by atoms with E-state index in [0.29, 0.717) is 13.0 Å². The van der Waals surface area contributed by atoms with Crippen LogP contribution in [0.15, 0.2) is 18.3 Å². The number of aromatic nitrogens is 1. The minimum atomic E-state index is -3.50. The standard InChI is InChI=1S/C12H17N3O4S/c13-10(12(16)17)4-7-20(18,19)15-6-3-9-2-1-5-14-11(9)8-15/h1-2,5,10H,3-4,6-8,13H2,(H,16,17). The van der Waals surface area contributed by atoms with Crippen molar-refractivity contribution in [1.82, 2.24) is 9.29 Å². The third-order valence-electron chi connectivity index (χ3n) is 3.34. The van der Waals surface area contributed by atoms with Crippen molar-refractivity contribution in [1.29, 1.82) is 0 Å². The molecule has 110 valence electrons. The van der Waals surface area contributed by atoms with Gasteiger partial charge in [0, 0.05) is 12.7 Å². The van der Waals surface area contributed by atoms with Crippen LogP contribution in [0.4, 0.5) is 0 Å². The second-order valence-corrected chi connectivity index (χ2v) is 6.83. The van der Waals surface area contributed by atoms with Crippen molar-refractivity contribution in [2.75, 3.05) is 12.3 Å². The molecule has 1 unspecified atom stereocenters. The topological polar surface area (TPSA) is 114 Å². The van der Waals surface area contributed by atoms with Crippen LogP contribution >= 0.6 is 0 Å². The summed E-state index contributed by atoms with van der Waals surface area (Å²) < 4.78 is 25.7. The Kier molecular flexibility index (Phi) is 4.36. The van der Waals surface area contributed by atoms with Crippen LogP contribution < -0.4 is 5.73 Å². The Hall–Kier alpha value is -1.51. The van der Waals surface area contributed by atoms with Gasteiger partial charge in [-0.15, -0.1) is 0 Å². The van der Waals surface area contributed by atoms with Gasteiger partial charge in [-0.25, -0.2) is 8.42 Å². The second-order valence-electron chi connectivity index (χ2n) is 4.74. The van der Waals surface area contributed by atoms with E-state index in [1.165, 1.54) is 4.31 Å². The Balaban J connectivity index is 2.03. The Bertz CT molecular complexity index is 602. The van der Waals surface area contributed by atoms with Crippen LogP contribution in [0.25, 0.3) is 0 Å². The molecule has 0 radical (unpaired) electrons. The Morgan fingerprint density at radius 2 is 2.30 bits per heavy atom. The largest absolute Gasteiger partial charge is 0.480 e. The summed E-state index contributed by atoms with van der Waals surface area (Å²) in [6.07, 6.45) is 2.16. The maximum absolute atomic E-state index is 12.2. The normalized spacial score (nSPS) is 17.4. The summed E-state index contributed by atoms with van der Waals surface area (Å²) >= 11 is 0. The predicted octanol–water partition coefficient (Wildman–Crippen LogP) is -0.428. The molecule has 1 atom stereocenters. The lowest BCUT2D eigenvalue weighted by atomic mass is 10.1. The maximum atomic E-state index is 12.2. The molecular formula is C12H17N3O4S. The van der Waals surface area contributed by atoms with Crippen molar-refractivity contribution >= 4 is 16.0 Å². The predicted molar refractivity (Wildman–Crippen MR) is 72.4 cm³/mol. The van der Waals surface area contributed by atoms with E-state index in [1.807, 2.05) is 12.1 Å². The van der Waals surface area contributed by atoms with Gasteiger partial charge >= 0.3 is 5.97 Å². The summed E-state index contributed by atoms with van der Waals surface area (Å²) in [6, 6.07) is 2.61. The summed E-state index contributed by atoms with van der Waals surface area (Å²) in [5, 5.41) is 8.68. The molecule has 20 heavy (non-hydrogen) atoms. The van der Waals surface area contributed by atoms with Crippen LogP contribution in [0.1, 0.15) is 17.7 Å². The summed E-state index contributed by atoms with van der Waals surface area (Å²) in [4.78, 5) is 14.8. The lowest BCUT2D eigenvalue weighted by Gasteiger charge is -2.27. The fraction of sp³-hybridized carbons (Fsp3) is 0.500. The van der Waals surface area contributed by atoms with E-state index < -0.39 is 22.0 Å². The number of hydrogen-bond donors (Lipinski definition) is 2. The molecule has 0 bridgehead atoms.